The lowest BCUT2D eigenvalue weighted by Gasteiger charge is -2.33. The third-order valence-electron chi connectivity index (χ3n) is 3.27. The quantitative estimate of drug-likeness (QED) is 0.801. The van der Waals surface area contributed by atoms with Crippen LogP contribution in [0.2, 0.25) is 0 Å². The molecule has 4 heteroatoms. The van der Waals surface area contributed by atoms with Gasteiger partial charge in [0.05, 0.1) is 0 Å². The molecule has 1 aromatic rings. The molecule has 90 valence electrons. The zero-order valence-electron chi connectivity index (χ0n) is 9.98. The van der Waals surface area contributed by atoms with E-state index in [1.165, 1.54) is 38.8 Å². The SMILES string of the molecule is CC1CCCCN1CCCNc1nccs1. The highest BCUT2D eigenvalue weighted by atomic mass is 32.1. The van der Waals surface area contributed by atoms with Crippen molar-refractivity contribution in [1.82, 2.24) is 9.88 Å². The first-order valence-corrected chi connectivity index (χ1v) is 7.11. The van der Waals surface area contributed by atoms with Crippen molar-refractivity contribution in [3.8, 4) is 0 Å². The Balaban J connectivity index is 1.60. The summed E-state index contributed by atoms with van der Waals surface area (Å²) in [6.07, 6.45) is 7.23. The Hall–Kier alpha value is -0.610. The van der Waals surface area contributed by atoms with Gasteiger partial charge < -0.3 is 10.2 Å². The van der Waals surface area contributed by atoms with Crippen LogP contribution < -0.4 is 5.32 Å². The first-order chi connectivity index (χ1) is 7.86. The first kappa shape index (κ1) is 11.9. The molecule has 1 atom stereocenters. The van der Waals surface area contributed by atoms with Crippen molar-refractivity contribution < 1.29 is 0 Å². The van der Waals surface area contributed by atoms with Gasteiger partial charge in [-0.25, -0.2) is 4.98 Å². The molecule has 0 radical (unpaired) electrons. The standard InChI is InChI=1S/C12H21N3S/c1-11-5-2-3-8-15(11)9-4-6-13-12-14-7-10-16-12/h7,10-11H,2-6,8-9H2,1H3,(H,13,14). The van der Waals surface area contributed by atoms with Crippen LogP contribution in [-0.4, -0.2) is 35.6 Å². The fourth-order valence-corrected chi connectivity index (χ4v) is 2.84. The maximum atomic E-state index is 4.21. The second kappa shape index (κ2) is 6.21. The molecular formula is C12H21N3S. The van der Waals surface area contributed by atoms with Gasteiger partial charge in [0.1, 0.15) is 0 Å². The van der Waals surface area contributed by atoms with Crippen molar-refractivity contribution in [2.45, 2.75) is 38.6 Å². The largest absolute Gasteiger partial charge is 0.361 e. The highest BCUT2D eigenvalue weighted by molar-refractivity contribution is 7.13. The predicted molar refractivity (Wildman–Crippen MR) is 70.1 cm³/mol. The van der Waals surface area contributed by atoms with Gasteiger partial charge in [0.15, 0.2) is 5.13 Å². The van der Waals surface area contributed by atoms with E-state index in [9.17, 15) is 0 Å². The summed E-state index contributed by atoms with van der Waals surface area (Å²) in [6, 6.07) is 0.786. The van der Waals surface area contributed by atoms with E-state index in [0.29, 0.717) is 0 Å². The number of aromatic nitrogens is 1. The number of hydrogen-bond donors (Lipinski definition) is 1. The Bertz CT molecular complexity index is 286. The van der Waals surface area contributed by atoms with Crippen molar-refractivity contribution in [2.24, 2.45) is 0 Å². The number of anilines is 1. The number of nitrogens with zero attached hydrogens (tertiary/aromatic N) is 2. The van der Waals surface area contributed by atoms with E-state index in [2.05, 4.69) is 22.1 Å². The van der Waals surface area contributed by atoms with E-state index >= 15 is 0 Å². The molecule has 0 aromatic carbocycles. The summed E-state index contributed by atoms with van der Waals surface area (Å²) in [4.78, 5) is 6.83. The molecular weight excluding hydrogens is 218 g/mol. The molecule has 0 aliphatic carbocycles. The van der Waals surface area contributed by atoms with Crippen LogP contribution >= 0.6 is 11.3 Å². The lowest BCUT2D eigenvalue weighted by Crippen LogP contribution is -2.38. The highest BCUT2D eigenvalue weighted by Crippen LogP contribution is 2.16. The Morgan fingerprint density at radius 1 is 1.56 bits per heavy atom. The average Bonchev–Trinajstić information content (AvgIpc) is 2.79. The van der Waals surface area contributed by atoms with Crippen molar-refractivity contribution in [1.29, 1.82) is 0 Å². The summed E-state index contributed by atoms with van der Waals surface area (Å²) in [7, 11) is 0. The number of likely N-dealkylation sites (tertiary alicyclic amines) is 1. The van der Waals surface area contributed by atoms with Crippen LogP contribution in [0.4, 0.5) is 5.13 Å². The second-order valence-corrected chi connectivity index (χ2v) is 5.39. The van der Waals surface area contributed by atoms with E-state index < -0.39 is 0 Å². The van der Waals surface area contributed by atoms with Gasteiger partial charge in [-0.1, -0.05) is 6.42 Å². The van der Waals surface area contributed by atoms with Crippen molar-refractivity contribution >= 4 is 16.5 Å². The number of nitrogens with one attached hydrogen (secondary N) is 1. The minimum absolute atomic E-state index is 0.786. The number of rotatable bonds is 5. The molecule has 1 N–H and O–H groups in total. The lowest BCUT2D eigenvalue weighted by atomic mass is 10.0. The third-order valence-corrected chi connectivity index (χ3v) is 4.00. The summed E-state index contributed by atoms with van der Waals surface area (Å²) >= 11 is 1.67. The zero-order chi connectivity index (χ0) is 11.2. The predicted octanol–water partition coefficient (Wildman–Crippen LogP) is 2.82. The number of hydrogen-bond acceptors (Lipinski definition) is 4. The van der Waals surface area contributed by atoms with Crippen molar-refractivity contribution in [3.05, 3.63) is 11.6 Å². The molecule has 0 spiro atoms. The fourth-order valence-electron chi connectivity index (χ4n) is 2.28. The number of piperidine rings is 1. The summed E-state index contributed by atoms with van der Waals surface area (Å²) in [6.45, 7) is 5.90. The van der Waals surface area contributed by atoms with E-state index in [1.54, 1.807) is 11.3 Å². The highest BCUT2D eigenvalue weighted by Gasteiger charge is 2.16. The van der Waals surface area contributed by atoms with Crippen LogP contribution in [0.1, 0.15) is 32.6 Å². The second-order valence-electron chi connectivity index (χ2n) is 4.50. The van der Waals surface area contributed by atoms with Crippen LogP contribution in [0.25, 0.3) is 0 Å². The van der Waals surface area contributed by atoms with Crippen LogP contribution in [0.5, 0.6) is 0 Å². The molecule has 2 heterocycles. The zero-order valence-corrected chi connectivity index (χ0v) is 10.8. The first-order valence-electron chi connectivity index (χ1n) is 6.23. The van der Waals surface area contributed by atoms with Gasteiger partial charge in [-0.15, -0.1) is 11.3 Å². The Morgan fingerprint density at radius 3 is 3.25 bits per heavy atom. The van der Waals surface area contributed by atoms with Gasteiger partial charge in [-0.3, -0.25) is 0 Å². The van der Waals surface area contributed by atoms with Gasteiger partial charge in [0.25, 0.3) is 0 Å². The van der Waals surface area contributed by atoms with E-state index in [4.69, 9.17) is 0 Å². The lowest BCUT2D eigenvalue weighted by molar-refractivity contribution is 0.160. The van der Waals surface area contributed by atoms with Gasteiger partial charge in [-0.2, -0.15) is 0 Å². The van der Waals surface area contributed by atoms with Crippen LogP contribution in [0.3, 0.4) is 0 Å². The Morgan fingerprint density at radius 2 is 2.50 bits per heavy atom. The minimum Gasteiger partial charge on any atom is -0.361 e. The fraction of sp³-hybridized carbons (Fsp3) is 0.750. The van der Waals surface area contributed by atoms with E-state index in [1.807, 2.05) is 11.6 Å². The molecule has 1 saturated heterocycles. The monoisotopic (exact) mass is 239 g/mol. The summed E-state index contributed by atoms with van der Waals surface area (Å²) in [5, 5.41) is 6.42. The Labute approximate surface area is 102 Å². The molecule has 0 saturated carbocycles. The maximum absolute atomic E-state index is 4.21. The van der Waals surface area contributed by atoms with Gasteiger partial charge >= 0.3 is 0 Å². The maximum Gasteiger partial charge on any atom is 0.182 e. The molecule has 2 rings (SSSR count). The molecule has 1 aromatic heterocycles. The van der Waals surface area contributed by atoms with Crippen molar-refractivity contribution in [2.75, 3.05) is 25.0 Å². The summed E-state index contributed by atoms with van der Waals surface area (Å²) < 4.78 is 0. The van der Waals surface area contributed by atoms with E-state index in [-0.39, 0.29) is 0 Å². The Kier molecular flexibility index (Phi) is 4.60. The van der Waals surface area contributed by atoms with Crippen LogP contribution in [0.15, 0.2) is 11.6 Å². The average molecular weight is 239 g/mol. The molecule has 0 bridgehead atoms. The molecule has 1 aliphatic rings. The molecule has 16 heavy (non-hydrogen) atoms. The molecule has 3 nitrogen and oxygen atoms in total. The molecule has 0 amide bonds. The van der Waals surface area contributed by atoms with Crippen LogP contribution in [0, 0.1) is 0 Å². The minimum atomic E-state index is 0.786. The smallest absolute Gasteiger partial charge is 0.182 e. The number of thiazole rings is 1. The topological polar surface area (TPSA) is 28.2 Å². The molecule has 1 fully saturated rings. The van der Waals surface area contributed by atoms with Gasteiger partial charge in [0.2, 0.25) is 0 Å². The third kappa shape index (κ3) is 3.46. The van der Waals surface area contributed by atoms with Gasteiger partial charge in [0, 0.05) is 30.7 Å². The van der Waals surface area contributed by atoms with E-state index in [0.717, 1.165) is 17.7 Å². The van der Waals surface area contributed by atoms with Gasteiger partial charge in [-0.05, 0) is 32.7 Å². The summed E-state index contributed by atoms with van der Waals surface area (Å²) in [5.74, 6) is 0. The molecule has 1 unspecified atom stereocenters. The normalized spacial score (nSPS) is 22.2. The van der Waals surface area contributed by atoms with Crippen molar-refractivity contribution in [3.63, 3.8) is 0 Å². The molecule has 1 aliphatic heterocycles. The van der Waals surface area contributed by atoms with Crippen LogP contribution in [-0.2, 0) is 0 Å². The summed E-state index contributed by atoms with van der Waals surface area (Å²) in [5.41, 5.74) is 0.